The third kappa shape index (κ3) is 5.23. The fourth-order valence-corrected chi connectivity index (χ4v) is 5.12. The van der Waals surface area contributed by atoms with E-state index in [2.05, 4.69) is 5.32 Å². The number of carbonyl (C=O) groups is 2. The topological polar surface area (TPSA) is 119 Å². The van der Waals surface area contributed by atoms with Crippen molar-refractivity contribution in [1.29, 1.82) is 0 Å². The van der Waals surface area contributed by atoms with E-state index in [1.165, 1.54) is 4.31 Å². The fraction of sp³-hybridized carbons (Fsp3) is 0.364. The van der Waals surface area contributed by atoms with E-state index in [4.69, 9.17) is 10.5 Å². The van der Waals surface area contributed by atoms with Gasteiger partial charge in [-0.05, 0) is 74.7 Å². The summed E-state index contributed by atoms with van der Waals surface area (Å²) in [6.45, 7) is 4.75. The molecule has 2 amide bonds. The number of primary amides is 1. The number of piperidine rings is 1. The van der Waals surface area contributed by atoms with Gasteiger partial charge in [0.05, 0.1) is 11.5 Å². The summed E-state index contributed by atoms with van der Waals surface area (Å²) in [5.74, 6) is -0.319. The van der Waals surface area contributed by atoms with Crippen molar-refractivity contribution in [3.63, 3.8) is 0 Å². The number of amides is 2. The Morgan fingerprint density at radius 1 is 1.13 bits per heavy atom. The van der Waals surface area contributed by atoms with E-state index in [0.717, 1.165) is 5.56 Å². The van der Waals surface area contributed by atoms with Crippen molar-refractivity contribution >= 4 is 27.5 Å². The Labute approximate surface area is 182 Å². The van der Waals surface area contributed by atoms with Gasteiger partial charge in [0.2, 0.25) is 21.8 Å². The lowest BCUT2D eigenvalue weighted by atomic mass is 9.97. The van der Waals surface area contributed by atoms with Crippen molar-refractivity contribution in [2.24, 2.45) is 11.7 Å². The predicted molar refractivity (Wildman–Crippen MR) is 117 cm³/mol. The number of hydrogen-bond acceptors (Lipinski definition) is 5. The highest BCUT2D eigenvalue weighted by Gasteiger charge is 2.32. The molecule has 3 rings (SSSR count). The van der Waals surface area contributed by atoms with E-state index in [1.807, 2.05) is 13.8 Å². The molecule has 3 N–H and O–H groups in total. The summed E-state index contributed by atoms with van der Waals surface area (Å²) in [6, 6.07) is 11.2. The van der Waals surface area contributed by atoms with Crippen LogP contribution in [0.5, 0.6) is 5.75 Å². The Morgan fingerprint density at radius 2 is 1.77 bits per heavy atom. The van der Waals surface area contributed by atoms with Gasteiger partial charge in [0, 0.05) is 30.3 Å². The number of rotatable bonds is 7. The van der Waals surface area contributed by atoms with Crippen LogP contribution in [0, 0.1) is 12.8 Å². The van der Waals surface area contributed by atoms with Crippen LogP contribution in [-0.4, -0.2) is 44.2 Å². The molecule has 0 saturated carbocycles. The first-order chi connectivity index (χ1) is 14.7. The zero-order valence-electron chi connectivity index (χ0n) is 17.6. The van der Waals surface area contributed by atoms with Crippen molar-refractivity contribution in [3.05, 3.63) is 53.6 Å². The van der Waals surface area contributed by atoms with E-state index < -0.39 is 15.9 Å². The lowest BCUT2D eigenvalue weighted by Gasteiger charge is -2.30. The quantitative estimate of drug-likeness (QED) is 0.679. The van der Waals surface area contributed by atoms with Gasteiger partial charge in [0.1, 0.15) is 5.75 Å². The van der Waals surface area contributed by atoms with Crippen LogP contribution in [0.1, 0.15) is 35.7 Å². The maximum atomic E-state index is 13.0. The first kappa shape index (κ1) is 22.8. The van der Waals surface area contributed by atoms with Crippen LogP contribution in [0.25, 0.3) is 0 Å². The van der Waals surface area contributed by atoms with Gasteiger partial charge in [0.25, 0.3) is 0 Å². The number of carbonyl (C=O) groups excluding carboxylic acids is 2. The molecule has 0 atom stereocenters. The molecular formula is C22H27N3O5S. The Morgan fingerprint density at radius 3 is 2.32 bits per heavy atom. The molecule has 0 aliphatic carbocycles. The molecule has 1 saturated heterocycles. The number of ether oxygens (including phenoxy) is 1. The van der Waals surface area contributed by atoms with Crippen LogP contribution in [0.3, 0.4) is 0 Å². The van der Waals surface area contributed by atoms with E-state index in [1.54, 1.807) is 42.5 Å². The standard InChI is InChI=1S/C22H27N3O5S/c1-3-30-20-9-8-19(14-15(20)2)31(28,29)25-12-10-17(11-13-25)22(27)24-18-6-4-16(5-7-18)21(23)26/h4-9,14,17H,3,10-13H2,1-2H3,(H2,23,26)(H,24,27). The Bertz CT molecular complexity index is 1060. The maximum absolute atomic E-state index is 13.0. The van der Waals surface area contributed by atoms with Crippen molar-refractivity contribution in [3.8, 4) is 5.75 Å². The van der Waals surface area contributed by atoms with Crippen LogP contribution in [0.15, 0.2) is 47.4 Å². The lowest BCUT2D eigenvalue weighted by Crippen LogP contribution is -2.41. The fourth-order valence-electron chi connectivity index (χ4n) is 3.57. The van der Waals surface area contributed by atoms with Gasteiger partial charge in [0.15, 0.2) is 0 Å². The minimum atomic E-state index is -3.63. The number of nitrogens with one attached hydrogen (secondary N) is 1. The summed E-state index contributed by atoms with van der Waals surface area (Å²) >= 11 is 0. The van der Waals surface area contributed by atoms with E-state index >= 15 is 0 Å². The minimum Gasteiger partial charge on any atom is -0.494 e. The zero-order valence-corrected chi connectivity index (χ0v) is 18.4. The molecule has 0 aromatic heterocycles. The molecule has 1 aliphatic heterocycles. The molecule has 0 radical (unpaired) electrons. The SMILES string of the molecule is CCOc1ccc(S(=O)(=O)N2CCC(C(=O)Nc3ccc(C(N)=O)cc3)CC2)cc1C. The van der Waals surface area contributed by atoms with Crippen molar-refractivity contribution in [1.82, 2.24) is 4.31 Å². The lowest BCUT2D eigenvalue weighted by molar-refractivity contribution is -0.120. The second-order valence-electron chi connectivity index (χ2n) is 7.47. The molecule has 0 spiro atoms. The third-order valence-electron chi connectivity index (χ3n) is 5.35. The van der Waals surface area contributed by atoms with Gasteiger partial charge in [-0.2, -0.15) is 4.31 Å². The molecule has 2 aromatic carbocycles. The summed E-state index contributed by atoms with van der Waals surface area (Å²) < 4.78 is 32.9. The first-order valence-corrected chi connectivity index (χ1v) is 11.6. The Kier molecular flexibility index (Phi) is 6.97. The van der Waals surface area contributed by atoms with Gasteiger partial charge in [-0.3, -0.25) is 9.59 Å². The normalized spacial score (nSPS) is 15.4. The van der Waals surface area contributed by atoms with Gasteiger partial charge >= 0.3 is 0 Å². The van der Waals surface area contributed by atoms with Crippen LogP contribution >= 0.6 is 0 Å². The van der Waals surface area contributed by atoms with Gasteiger partial charge in [-0.15, -0.1) is 0 Å². The van der Waals surface area contributed by atoms with E-state index in [0.29, 0.717) is 36.4 Å². The van der Waals surface area contributed by atoms with Crippen LogP contribution in [0.4, 0.5) is 5.69 Å². The molecule has 1 heterocycles. The van der Waals surface area contributed by atoms with Crippen molar-refractivity contribution in [2.75, 3.05) is 25.0 Å². The minimum absolute atomic E-state index is 0.166. The number of aryl methyl sites for hydroxylation is 1. The summed E-state index contributed by atoms with van der Waals surface area (Å²) in [6.07, 6.45) is 0.862. The summed E-state index contributed by atoms with van der Waals surface area (Å²) in [4.78, 5) is 23.9. The molecule has 9 heteroatoms. The third-order valence-corrected chi connectivity index (χ3v) is 7.24. The highest BCUT2D eigenvalue weighted by atomic mass is 32.2. The van der Waals surface area contributed by atoms with Crippen molar-refractivity contribution in [2.45, 2.75) is 31.6 Å². The Balaban J connectivity index is 1.61. The van der Waals surface area contributed by atoms with Gasteiger partial charge < -0.3 is 15.8 Å². The van der Waals surface area contributed by atoms with E-state index in [9.17, 15) is 18.0 Å². The number of hydrogen-bond donors (Lipinski definition) is 2. The molecule has 166 valence electrons. The monoisotopic (exact) mass is 445 g/mol. The summed E-state index contributed by atoms with van der Waals surface area (Å²) in [5, 5.41) is 2.82. The largest absolute Gasteiger partial charge is 0.494 e. The first-order valence-electron chi connectivity index (χ1n) is 10.2. The molecule has 0 bridgehead atoms. The smallest absolute Gasteiger partial charge is 0.248 e. The van der Waals surface area contributed by atoms with E-state index in [-0.39, 0.29) is 29.8 Å². The highest BCUT2D eigenvalue weighted by Crippen LogP contribution is 2.28. The molecule has 1 fully saturated rings. The number of nitrogens with zero attached hydrogens (tertiary/aromatic N) is 1. The molecule has 31 heavy (non-hydrogen) atoms. The summed E-state index contributed by atoms with van der Waals surface area (Å²) in [5.41, 5.74) is 6.91. The second kappa shape index (κ2) is 9.49. The average molecular weight is 446 g/mol. The maximum Gasteiger partial charge on any atom is 0.248 e. The van der Waals surface area contributed by atoms with Crippen LogP contribution < -0.4 is 15.8 Å². The average Bonchev–Trinajstić information content (AvgIpc) is 2.75. The number of nitrogens with two attached hydrogens (primary N) is 1. The predicted octanol–water partition coefficient (Wildman–Crippen LogP) is 2.53. The number of anilines is 1. The molecular weight excluding hydrogens is 418 g/mol. The zero-order chi connectivity index (χ0) is 22.6. The number of sulfonamides is 1. The van der Waals surface area contributed by atoms with Gasteiger partial charge in [-0.1, -0.05) is 0 Å². The van der Waals surface area contributed by atoms with Gasteiger partial charge in [-0.25, -0.2) is 8.42 Å². The molecule has 0 unspecified atom stereocenters. The molecule has 1 aliphatic rings. The molecule has 8 nitrogen and oxygen atoms in total. The van der Waals surface area contributed by atoms with Crippen molar-refractivity contribution < 1.29 is 22.7 Å². The molecule has 2 aromatic rings. The number of benzene rings is 2. The van der Waals surface area contributed by atoms with Crippen LogP contribution in [-0.2, 0) is 14.8 Å². The summed E-state index contributed by atoms with van der Waals surface area (Å²) in [7, 11) is -3.63. The van der Waals surface area contributed by atoms with Crippen LogP contribution in [0.2, 0.25) is 0 Å². The second-order valence-corrected chi connectivity index (χ2v) is 9.41. The highest BCUT2D eigenvalue weighted by molar-refractivity contribution is 7.89. The Hall–Kier alpha value is -2.91.